The number of Topliss-reactive ketones (excluding diaryl/α,β-unsaturated/α-hetero) is 1. The van der Waals surface area contributed by atoms with Gasteiger partial charge in [-0.3, -0.25) is 9.79 Å². The van der Waals surface area contributed by atoms with Crippen LogP contribution in [0.1, 0.15) is 87.6 Å². The summed E-state index contributed by atoms with van der Waals surface area (Å²) < 4.78 is 6.07. The second kappa shape index (κ2) is 15.6. The summed E-state index contributed by atoms with van der Waals surface area (Å²) in [6.45, 7) is 2.95. The molecule has 4 unspecified atom stereocenters. The third kappa shape index (κ3) is 8.31. The van der Waals surface area contributed by atoms with Gasteiger partial charge in [0, 0.05) is 49.4 Å². The quantitative estimate of drug-likeness (QED) is 0.138. The van der Waals surface area contributed by atoms with Gasteiger partial charge < -0.3 is 41.5 Å². The zero-order chi connectivity index (χ0) is 33.6. The Kier molecular flexibility index (Phi) is 11.5. The molecule has 2 aromatic rings. The second-order valence-corrected chi connectivity index (χ2v) is 13.4. The van der Waals surface area contributed by atoms with Gasteiger partial charge in [-0.25, -0.2) is 0 Å². The van der Waals surface area contributed by atoms with E-state index in [0.717, 1.165) is 54.5 Å². The summed E-state index contributed by atoms with van der Waals surface area (Å²) in [5.41, 5.74) is 18.0. The van der Waals surface area contributed by atoms with E-state index in [0.29, 0.717) is 31.1 Å². The molecule has 8 N–H and O–H groups in total. The molecule has 2 aromatic carbocycles. The number of fused-ring (bicyclic) bond motifs is 1. The van der Waals surface area contributed by atoms with Crippen molar-refractivity contribution < 1.29 is 30.0 Å². The van der Waals surface area contributed by atoms with Crippen molar-refractivity contribution in [2.45, 2.75) is 94.9 Å². The SMILES string of the molecule is CCCC(O)CC(O)CC(=O)CCc1ccc(O)c(OCN2C=C3N=CC(C4(c5cccc(C(N)N)c5)CCC(CCO)C4)=C3C2)c1. The smallest absolute Gasteiger partial charge is 0.163 e. The minimum Gasteiger partial charge on any atom is -0.504 e. The van der Waals surface area contributed by atoms with E-state index < -0.39 is 18.4 Å². The Balaban J connectivity index is 1.24. The molecule has 0 bridgehead atoms. The predicted molar refractivity (Wildman–Crippen MR) is 182 cm³/mol. The minimum absolute atomic E-state index is 0.0154. The Labute approximate surface area is 277 Å². The number of carbonyl (C=O) groups excluding carboxylic acids is 1. The van der Waals surface area contributed by atoms with E-state index >= 15 is 0 Å². The van der Waals surface area contributed by atoms with Gasteiger partial charge in [-0.1, -0.05) is 43.7 Å². The minimum atomic E-state index is -0.850. The molecule has 0 aromatic heterocycles. The number of aryl methyl sites for hydroxylation is 1. The standard InChI is InChI=1S/C37H50N4O6/c1-2-4-28(43)17-30(45)18-29(44)9-7-24-8-10-34(46)35(15-24)47-23-41-21-31-32(20-40-33(31)22-41)37(13-11-25(19-37)12-14-42)27-6-3-5-26(16-27)36(38)39/h3,5-6,8,10,15-16,20,22,25,28,30,36,42-43,45-46H,2,4,7,9,11-14,17-19,21,23,38-39H2,1H3. The predicted octanol–water partition coefficient (Wildman–Crippen LogP) is 4.11. The first kappa shape index (κ1) is 34.8. The zero-order valence-corrected chi connectivity index (χ0v) is 27.4. The summed E-state index contributed by atoms with van der Waals surface area (Å²) in [7, 11) is 0. The molecular formula is C37H50N4O6. The Morgan fingerprint density at radius 3 is 2.77 bits per heavy atom. The number of allylic oxidation sites excluding steroid dienone is 1. The van der Waals surface area contributed by atoms with Crippen LogP contribution in [-0.2, 0) is 16.6 Å². The van der Waals surface area contributed by atoms with Crippen molar-refractivity contribution in [1.29, 1.82) is 0 Å². The number of benzene rings is 2. The molecule has 2 heterocycles. The van der Waals surface area contributed by atoms with Gasteiger partial charge in [0.2, 0.25) is 0 Å². The summed E-state index contributed by atoms with van der Waals surface area (Å²) in [5.74, 6) is 0.680. The molecule has 0 spiro atoms. The maximum absolute atomic E-state index is 12.5. The second-order valence-electron chi connectivity index (χ2n) is 13.4. The zero-order valence-electron chi connectivity index (χ0n) is 27.4. The lowest BCUT2D eigenvalue weighted by Gasteiger charge is -2.33. The fraction of sp³-hybridized carbons (Fsp3) is 0.514. The third-order valence-corrected chi connectivity index (χ3v) is 9.86. The lowest BCUT2D eigenvalue weighted by molar-refractivity contribution is -0.121. The van der Waals surface area contributed by atoms with Crippen LogP contribution in [0.4, 0.5) is 0 Å². The highest BCUT2D eigenvalue weighted by molar-refractivity contribution is 5.90. The van der Waals surface area contributed by atoms with E-state index in [1.54, 1.807) is 18.2 Å². The number of rotatable bonds is 17. The first-order valence-electron chi connectivity index (χ1n) is 16.9. The number of aliphatic hydroxyl groups excluding tert-OH is 3. The van der Waals surface area contributed by atoms with Gasteiger partial charge in [0.1, 0.15) is 5.78 Å². The Hall–Kier alpha value is -3.54. The van der Waals surface area contributed by atoms with Crippen LogP contribution in [0.2, 0.25) is 0 Å². The van der Waals surface area contributed by atoms with Crippen molar-refractivity contribution in [3.05, 3.63) is 82.2 Å². The summed E-state index contributed by atoms with van der Waals surface area (Å²) in [4.78, 5) is 19.3. The number of nitrogens with zero attached hydrogens (tertiary/aromatic N) is 2. The topological polar surface area (TPSA) is 175 Å². The number of phenolic OH excluding ortho intramolecular Hbond substituents is 1. The van der Waals surface area contributed by atoms with E-state index in [2.05, 4.69) is 12.1 Å². The van der Waals surface area contributed by atoms with E-state index in [1.807, 2.05) is 36.4 Å². The average Bonchev–Trinajstić information content (AvgIpc) is 3.75. The molecule has 10 heteroatoms. The molecule has 1 fully saturated rings. The van der Waals surface area contributed by atoms with Crippen LogP contribution < -0.4 is 16.2 Å². The van der Waals surface area contributed by atoms with Gasteiger partial charge in [0.05, 0.1) is 24.1 Å². The van der Waals surface area contributed by atoms with Crippen LogP contribution in [-0.4, -0.2) is 69.4 Å². The summed E-state index contributed by atoms with van der Waals surface area (Å²) >= 11 is 0. The number of aromatic hydroxyl groups is 1. The van der Waals surface area contributed by atoms with E-state index in [-0.39, 0.29) is 49.5 Å². The molecule has 3 aliphatic rings. The number of aliphatic imine (C=N–C) groups is 1. The summed E-state index contributed by atoms with van der Waals surface area (Å²) in [5, 5.41) is 40.3. The van der Waals surface area contributed by atoms with Gasteiger partial charge in [0.15, 0.2) is 18.2 Å². The average molecular weight is 647 g/mol. The Morgan fingerprint density at radius 2 is 2.00 bits per heavy atom. The third-order valence-electron chi connectivity index (χ3n) is 9.86. The lowest BCUT2D eigenvalue weighted by Crippen LogP contribution is -2.30. The maximum atomic E-state index is 12.5. The number of carbonyl (C=O) groups is 1. The van der Waals surface area contributed by atoms with Crippen LogP contribution in [0, 0.1) is 5.92 Å². The monoisotopic (exact) mass is 646 g/mol. The largest absolute Gasteiger partial charge is 0.504 e. The van der Waals surface area contributed by atoms with Crippen LogP contribution in [0.25, 0.3) is 0 Å². The molecule has 47 heavy (non-hydrogen) atoms. The molecule has 10 nitrogen and oxygen atoms in total. The van der Waals surface area contributed by atoms with Gasteiger partial charge >= 0.3 is 0 Å². The number of hydrogen-bond acceptors (Lipinski definition) is 10. The van der Waals surface area contributed by atoms with E-state index in [1.165, 1.54) is 11.1 Å². The first-order valence-corrected chi connectivity index (χ1v) is 16.9. The van der Waals surface area contributed by atoms with Crippen molar-refractivity contribution in [1.82, 2.24) is 4.90 Å². The van der Waals surface area contributed by atoms with Crippen molar-refractivity contribution in [2.75, 3.05) is 19.9 Å². The summed E-state index contributed by atoms with van der Waals surface area (Å²) in [6.07, 6.45) is 7.96. The molecule has 5 rings (SSSR count). The molecule has 2 aliphatic heterocycles. The fourth-order valence-electron chi connectivity index (χ4n) is 7.38. The molecule has 4 atom stereocenters. The van der Waals surface area contributed by atoms with E-state index in [4.69, 9.17) is 21.2 Å². The molecule has 0 radical (unpaired) electrons. The number of ketones is 1. The lowest BCUT2D eigenvalue weighted by atomic mass is 9.70. The van der Waals surface area contributed by atoms with E-state index in [9.17, 15) is 25.2 Å². The Bertz CT molecular complexity index is 1500. The molecule has 1 saturated carbocycles. The maximum Gasteiger partial charge on any atom is 0.163 e. The van der Waals surface area contributed by atoms with Crippen molar-refractivity contribution in [3.8, 4) is 11.5 Å². The van der Waals surface area contributed by atoms with Gasteiger partial charge in [0.25, 0.3) is 0 Å². The number of phenols is 1. The van der Waals surface area contributed by atoms with Gasteiger partial charge in [-0.2, -0.15) is 0 Å². The summed E-state index contributed by atoms with van der Waals surface area (Å²) in [6, 6.07) is 13.3. The van der Waals surface area contributed by atoms with Crippen LogP contribution in [0.5, 0.6) is 11.5 Å². The highest BCUT2D eigenvalue weighted by atomic mass is 16.5. The fourth-order valence-corrected chi connectivity index (χ4v) is 7.38. The van der Waals surface area contributed by atoms with Crippen LogP contribution in [0.15, 0.2) is 70.5 Å². The van der Waals surface area contributed by atoms with Gasteiger partial charge in [-0.15, -0.1) is 0 Å². The molecular weight excluding hydrogens is 596 g/mol. The van der Waals surface area contributed by atoms with Gasteiger partial charge in [-0.05, 0) is 85.3 Å². The van der Waals surface area contributed by atoms with Crippen LogP contribution >= 0.6 is 0 Å². The highest BCUT2D eigenvalue weighted by Crippen LogP contribution is 2.53. The normalized spacial score (nSPS) is 21.8. The number of aliphatic hydroxyl groups is 3. The molecule has 1 aliphatic carbocycles. The van der Waals surface area contributed by atoms with Crippen LogP contribution in [0.3, 0.4) is 0 Å². The molecule has 254 valence electrons. The van der Waals surface area contributed by atoms with Crippen molar-refractivity contribution in [3.63, 3.8) is 0 Å². The first-order chi connectivity index (χ1) is 22.6. The molecule has 0 amide bonds. The highest BCUT2D eigenvalue weighted by Gasteiger charge is 2.46. The number of ether oxygens (including phenoxy) is 1. The van der Waals surface area contributed by atoms with Crippen molar-refractivity contribution in [2.24, 2.45) is 22.4 Å². The Morgan fingerprint density at radius 1 is 1.17 bits per heavy atom. The number of hydrogen-bond donors (Lipinski definition) is 6. The molecule has 0 saturated heterocycles. The number of nitrogens with two attached hydrogens (primary N) is 2. The van der Waals surface area contributed by atoms with Crippen molar-refractivity contribution >= 4 is 12.0 Å².